The molecule has 1 rings (SSSR count). The minimum atomic E-state index is -0.00363. The fraction of sp³-hybridized carbons (Fsp3) is 0.600. The van der Waals surface area contributed by atoms with Gasteiger partial charge in [0, 0.05) is 25.5 Å². The number of thiophene rings is 1. The van der Waals surface area contributed by atoms with Gasteiger partial charge in [0.25, 0.3) is 0 Å². The van der Waals surface area contributed by atoms with E-state index in [1.165, 1.54) is 4.88 Å². The number of aliphatic imine (C=N–C) groups is 1. The largest absolute Gasteiger partial charge is 0.356 e. The number of nitrogens with one attached hydrogen (secondary N) is 2. The average molecular weight is 438 g/mol. The number of carbonyl (C=O) groups excluding carboxylic acids is 1. The van der Waals surface area contributed by atoms with Gasteiger partial charge < -0.3 is 15.5 Å². The third-order valence-electron chi connectivity index (χ3n) is 2.90. The monoisotopic (exact) mass is 438 g/mol. The maximum atomic E-state index is 11.6. The van der Waals surface area contributed by atoms with E-state index in [1.54, 1.807) is 30.3 Å². The molecule has 0 aliphatic heterocycles. The summed E-state index contributed by atoms with van der Waals surface area (Å²) in [6.45, 7) is 6.11. The van der Waals surface area contributed by atoms with Crippen molar-refractivity contribution in [3.63, 3.8) is 0 Å². The third kappa shape index (κ3) is 9.24. The van der Waals surface area contributed by atoms with Gasteiger partial charge >= 0.3 is 0 Å². The molecule has 0 saturated carbocycles. The van der Waals surface area contributed by atoms with Crippen LogP contribution in [-0.2, 0) is 11.3 Å². The van der Waals surface area contributed by atoms with Gasteiger partial charge in [0.15, 0.2) is 5.96 Å². The van der Waals surface area contributed by atoms with Crippen molar-refractivity contribution in [2.75, 3.05) is 27.2 Å². The number of nitrogens with zero attached hydrogens (tertiary/aromatic N) is 2. The fourth-order valence-electron chi connectivity index (χ4n) is 1.53. The van der Waals surface area contributed by atoms with Crippen LogP contribution in [0, 0.1) is 5.92 Å². The Bertz CT molecular complexity index is 446. The maximum Gasteiger partial charge on any atom is 0.243 e. The molecule has 1 heterocycles. The van der Waals surface area contributed by atoms with Crippen molar-refractivity contribution >= 4 is 47.2 Å². The highest BCUT2D eigenvalue weighted by atomic mass is 127. The lowest BCUT2D eigenvalue weighted by Crippen LogP contribution is -2.38. The van der Waals surface area contributed by atoms with E-state index >= 15 is 0 Å². The molecule has 0 aliphatic rings. The summed E-state index contributed by atoms with van der Waals surface area (Å²) in [5, 5.41) is 8.60. The van der Waals surface area contributed by atoms with Crippen LogP contribution in [0.4, 0.5) is 0 Å². The molecule has 5 nitrogen and oxygen atoms in total. The molecule has 0 aromatic carbocycles. The van der Waals surface area contributed by atoms with Crippen molar-refractivity contribution in [3.8, 4) is 0 Å². The second kappa shape index (κ2) is 11.7. The standard InChI is InChI=1S/C15H26N4OS.HI/c1-12(2)7-8-16-15(18-11-14(20)19(3)4)17-10-13-6-5-9-21-13;/h5-6,9,12H,7-8,10-11H2,1-4H3,(H2,16,17,18);1H. The van der Waals surface area contributed by atoms with E-state index in [9.17, 15) is 4.79 Å². The Hall–Kier alpha value is -0.830. The first-order valence-electron chi connectivity index (χ1n) is 7.23. The Morgan fingerprint density at radius 2 is 2.09 bits per heavy atom. The lowest BCUT2D eigenvalue weighted by Gasteiger charge is -2.14. The van der Waals surface area contributed by atoms with Gasteiger partial charge in [-0.1, -0.05) is 19.9 Å². The number of hydrogen-bond donors (Lipinski definition) is 2. The molecule has 1 aromatic rings. The van der Waals surface area contributed by atoms with Crippen LogP contribution < -0.4 is 10.6 Å². The average Bonchev–Trinajstić information content (AvgIpc) is 2.93. The zero-order chi connectivity index (χ0) is 15.7. The number of amides is 1. The molecular formula is C15H27IN4OS. The molecule has 0 atom stereocenters. The SMILES string of the molecule is CC(C)CCNC(=NCC(=O)N(C)C)NCc1cccs1.I. The van der Waals surface area contributed by atoms with Gasteiger partial charge in [0.05, 0.1) is 6.54 Å². The van der Waals surface area contributed by atoms with E-state index in [0.29, 0.717) is 11.9 Å². The number of halogens is 1. The molecule has 1 aromatic heterocycles. The Labute approximate surface area is 154 Å². The Kier molecular flexibility index (Phi) is 11.3. The van der Waals surface area contributed by atoms with Crippen molar-refractivity contribution in [2.24, 2.45) is 10.9 Å². The van der Waals surface area contributed by atoms with Crippen molar-refractivity contribution in [1.82, 2.24) is 15.5 Å². The predicted octanol–water partition coefficient (Wildman–Crippen LogP) is 2.54. The number of hydrogen-bond acceptors (Lipinski definition) is 3. The summed E-state index contributed by atoms with van der Waals surface area (Å²) in [5.41, 5.74) is 0. The molecule has 0 fully saturated rings. The molecule has 0 saturated heterocycles. The highest BCUT2D eigenvalue weighted by molar-refractivity contribution is 14.0. The summed E-state index contributed by atoms with van der Waals surface area (Å²) in [4.78, 5) is 18.8. The minimum Gasteiger partial charge on any atom is -0.356 e. The van der Waals surface area contributed by atoms with Crippen LogP contribution in [0.1, 0.15) is 25.1 Å². The summed E-state index contributed by atoms with van der Waals surface area (Å²) in [6.07, 6.45) is 1.07. The third-order valence-corrected chi connectivity index (χ3v) is 3.77. The highest BCUT2D eigenvalue weighted by Gasteiger charge is 2.05. The number of likely N-dealkylation sites (N-methyl/N-ethyl adjacent to an activating group) is 1. The van der Waals surface area contributed by atoms with Crippen molar-refractivity contribution in [3.05, 3.63) is 22.4 Å². The number of guanidine groups is 1. The first-order valence-corrected chi connectivity index (χ1v) is 8.11. The molecule has 0 aliphatic carbocycles. The number of rotatable bonds is 7. The smallest absolute Gasteiger partial charge is 0.243 e. The molecule has 0 bridgehead atoms. The summed E-state index contributed by atoms with van der Waals surface area (Å²) in [6, 6.07) is 4.11. The molecule has 0 spiro atoms. The van der Waals surface area contributed by atoms with Gasteiger partial charge in [-0.2, -0.15) is 0 Å². The van der Waals surface area contributed by atoms with E-state index < -0.39 is 0 Å². The Morgan fingerprint density at radius 1 is 1.36 bits per heavy atom. The van der Waals surface area contributed by atoms with E-state index in [2.05, 4.69) is 40.9 Å². The quantitative estimate of drug-likeness (QED) is 0.391. The van der Waals surface area contributed by atoms with Gasteiger partial charge in [-0.25, -0.2) is 4.99 Å². The van der Waals surface area contributed by atoms with E-state index in [0.717, 1.165) is 19.5 Å². The first kappa shape index (κ1) is 21.2. The zero-order valence-corrected chi connectivity index (χ0v) is 16.9. The molecule has 0 radical (unpaired) electrons. The van der Waals surface area contributed by atoms with Crippen LogP contribution in [0.25, 0.3) is 0 Å². The van der Waals surface area contributed by atoms with Crippen LogP contribution in [0.15, 0.2) is 22.5 Å². The maximum absolute atomic E-state index is 11.6. The van der Waals surface area contributed by atoms with Crippen LogP contribution in [-0.4, -0.2) is 44.0 Å². The number of carbonyl (C=O) groups is 1. The summed E-state index contributed by atoms with van der Waals surface area (Å²) in [5.74, 6) is 1.33. The lowest BCUT2D eigenvalue weighted by molar-refractivity contribution is -0.127. The van der Waals surface area contributed by atoms with Gasteiger partial charge in [-0.15, -0.1) is 35.3 Å². The second-order valence-corrected chi connectivity index (χ2v) is 6.53. The van der Waals surface area contributed by atoms with Crippen molar-refractivity contribution in [2.45, 2.75) is 26.8 Å². The van der Waals surface area contributed by atoms with Gasteiger partial charge in [0.2, 0.25) is 5.91 Å². The van der Waals surface area contributed by atoms with Crippen molar-refractivity contribution < 1.29 is 4.79 Å². The van der Waals surface area contributed by atoms with E-state index in [4.69, 9.17) is 0 Å². The fourth-order valence-corrected chi connectivity index (χ4v) is 2.17. The molecule has 22 heavy (non-hydrogen) atoms. The van der Waals surface area contributed by atoms with E-state index in [-0.39, 0.29) is 36.4 Å². The van der Waals surface area contributed by atoms with Gasteiger partial charge in [-0.3, -0.25) is 4.79 Å². The lowest BCUT2D eigenvalue weighted by atomic mass is 10.1. The van der Waals surface area contributed by atoms with Gasteiger partial charge in [-0.05, 0) is 23.8 Å². The second-order valence-electron chi connectivity index (χ2n) is 5.50. The van der Waals surface area contributed by atoms with E-state index in [1.807, 2.05) is 6.07 Å². The molecule has 7 heteroatoms. The summed E-state index contributed by atoms with van der Waals surface area (Å²) < 4.78 is 0. The van der Waals surface area contributed by atoms with Crippen LogP contribution in [0.2, 0.25) is 0 Å². The highest BCUT2D eigenvalue weighted by Crippen LogP contribution is 2.07. The van der Waals surface area contributed by atoms with Gasteiger partial charge in [0.1, 0.15) is 6.54 Å². The topological polar surface area (TPSA) is 56.7 Å². The first-order chi connectivity index (χ1) is 9.99. The predicted molar refractivity (Wildman–Crippen MR) is 105 cm³/mol. The van der Waals surface area contributed by atoms with Crippen LogP contribution in [0.5, 0.6) is 0 Å². The molecular weight excluding hydrogens is 411 g/mol. The summed E-state index contributed by atoms with van der Waals surface area (Å²) >= 11 is 1.70. The molecule has 0 unspecified atom stereocenters. The minimum absolute atomic E-state index is 0. The summed E-state index contributed by atoms with van der Waals surface area (Å²) in [7, 11) is 3.48. The normalized spacial score (nSPS) is 11.0. The van der Waals surface area contributed by atoms with Crippen LogP contribution >= 0.6 is 35.3 Å². The van der Waals surface area contributed by atoms with Crippen molar-refractivity contribution in [1.29, 1.82) is 0 Å². The zero-order valence-electron chi connectivity index (χ0n) is 13.8. The Balaban J connectivity index is 0.00000441. The molecule has 1 amide bonds. The Morgan fingerprint density at radius 3 is 2.64 bits per heavy atom. The molecule has 126 valence electrons. The molecule has 2 N–H and O–H groups in total. The van der Waals surface area contributed by atoms with Crippen LogP contribution in [0.3, 0.4) is 0 Å².